The molecule has 0 fully saturated rings. The molecule has 0 aromatic carbocycles. The fourth-order valence-electron chi connectivity index (χ4n) is 0.549. The molecule has 0 unspecified atom stereocenters. The first-order valence-corrected chi connectivity index (χ1v) is 7.47. The van der Waals surface area contributed by atoms with Gasteiger partial charge in [0.2, 0.25) is 0 Å². The van der Waals surface area contributed by atoms with Crippen molar-refractivity contribution in [3.05, 3.63) is 0 Å². The second kappa shape index (κ2) is 8.05. The zero-order valence-corrected chi connectivity index (χ0v) is 11.3. The van der Waals surface area contributed by atoms with Crippen LogP contribution in [-0.2, 0) is 11.8 Å². The molecule has 0 saturated carbocycles. The summed E-state index contributed by atoms with van der Waals surface area (Å²) in [5.74, 6) is 0. The molecule has 0 rings (SSSR count). The summed E-state index contributed by atoms with van der Waals surface area (Å²) < 4.78 is 0. The van der Waals surface area contributed by atoms with Crippen LogP contribution in [0.1, 0.15) is 13.8 Å². The molecule has 0 aromatic rings. The molecule has 0 aliphatic carbocycles. The van der Waals surface area contributed by atoms with Crippen LogP contribution in [0, 0.1) is 51.1 Å². The van der Waals surface area contributed by atoms with Crippen molar-refractivity contribution in [1.82, 2.24) is 5.32 Å². The van der Waals surface area contributed by atoms with E-state index in [-0.39, 0.29) is 0 Å². The Labute approximate surface area is 107 Å². The van der Waals surface area contributed by atoms with Gasteiger partial charge in [0.25, 0.3) is 0 Å². The first kappa shape index (κ1) is 18.3. The molecule has 3 N–H and O–H groups in total. The van der Waals surface area contributed by atoms with Gasteiger partial charge in [-0.3, -0.25) is 0 Å². The van der Waals surface area contributed by atoms with E-state index in [1.807, 2.05) is 0 Å². The molecular formula is C10H14FeN7. The number of nitriles is 5. The minimum absolute atomic E-state index is 0.573. The van der Waals surface area contributed by atoms with Gasteiger partial charge in [-0.25, -0.2) is 0 Å². The number of nitrogens with one attached hydrogen (secondary N) is 1. The van der Waals surface area contributed by atoms with Crippen molar-refractivity contribution in [2.24, 2.45) is 5.73 Å². The third-order valence-corrected chi connectivity index (χ3v) is 3.96. The van der Waals surface area contributed by atoms with Crippen LogP contribution in [0.5, 0.6) is 0 Å². The van der Waals surface area contributed by atoms with Crippen molar-refractivity contribution in [2.75, 3.05) is 13.1 Å². The Kier molecular flexibility index (Phi) is 8.17. The maximum atomic E-state index is 8.35. The summed E-state index contributed by atoms with van der Waals surface area (Å²) in [4.78, 5) is 6.12. The van der Waals surface area contributed by atoms with E-state index in [0.29, 0.717) is 6.04 Å². The molecule has 0 heterocycles. The van der Waals surface area contributed by atoms with E-state index in [4.69, 9.17) is 32.0 Å². The van der Waals surface area contributed by atoms with Crippen molar-refractivity contribution in [3.63, 3.8) is 0 Å². The van der Waals surface area contributed by atoms with Gasteiger partial charge in [-0.2, -0.15) is 0 Å². The van der Waals surface area contributed by atoms with E-state index in [2.05, 4.69) is 19.2 Å². The SMILES string of the molecule is CC(C)NCCN.N#[C][Fe]([C]#N)([C]#N)([C]#N)[C]#N. The predicted molar refractivity (Wildman–Crippen MR) is 60.3 cm³/mol. The van der Waals surface area contributed by atoms with Gasteiger partial charge in [0.15, 0.2) is 0 Å². The molecule has 8 heteroatoms. The summed E-state index contributed by atoms with van der Waals surface area (Å²) in [6.07, 6.45) is 0. The van der Waals surface area contributed by atoms with Gasteiger partial charge in [-0.05, 0) is 0 Å². The van der Waals surface area contributed by atoms with Crippen LogP contribution in [0.15, 0.2) is 0 Å². The average molecular weight is 288 g/mol. The number of nitrogens with two attached hydrogens (primary N) is 1. The molecule has 7 nitrogen and oxygen atoms in total. The Morgan fingerprint density at radius 1 is 0.944 bits per heavy atom. The summed E-state index contributed by atoms with van der Waals surface area (Å²) in [5, 5.41) is 44.9. The first-order chi connectivity index (χ1) is 8.39. The van der Waals surface area contributed by atoms with Crippen LogP contribution in [0.2, 0.25) is 0 Å². The van der Waals surface area contributed by atoms with Crippen molar-refractivity contribution >= 4 is 0 Å². The van der Waals surface area contributed by atoms with Crippen LogP contribution in [0.4, 0.5) is 0 Å². The van der Waals surface area contributed by atoms with E-state index >= 15 is 0 Å². The molecule has 0 amide bonds. The summed E-state index contributed by atoms with van der Waals surface area (Å²) in [7, 11) is 0. The third-order valence-electron chi connectivity index (χ3n) is 1.49. The van der Waals surface area contributed by atoms with E-state index < -0.39 is 11.8 Å². The zero-order valence-electron chi connectivity index (χ0n) is 10.2. The van der Waals surface area contributed by atoms with E-state index in [1.165, 1.54) is 24.8 Å². The summed E-state index contributed by atoms with van der Waals surface area (Å²) in [6.45, 7) is 5.88. The van der Waals surface area contributed by atoms with Gasteiger partial charge in [0.1, 0.15) is 0 Å². The van der Waals surface area contributed by atoms with Crippen LogP contribution < -0.4 is 11.1 Å². The maximum absolute atomic E-state index is 8.35. The molecule has 97 valence electrons. The van der Waals surface area contributed by atoms with E-state index in [0.717, 1.165) is 13.1 Å². The molecular weight excluding hydrogens is 274 g/mol. The molecule has 0 aliphatic rings. The van der Waals surface area contributed by atoms with Gasteiger partial charge < -0.3 is 11.1 Å². The summed E-state index contributed by atoms with van der Waals surface area (Å²) >= 11 is -4.78. The number of rotatable bonds is 3. The van der Waals surface area contributed by atoms with Gasteiger partial charge >= 0.3 is 62.9 Å². The van der Waals surface area contributed by atoms with Crippen LogP contribution >= 0.6 is 0 Å². The molecule has 0 spiro atoms. The number of hydrogen-bond donors (Lipinski definition) is 2. The van der Waals surface area contributed by atoms with Crippen molar-refractivity contribution in [3.8, 4) is 24.8 Å². The topological polar surface area (TPSA) is 157 Å². The Balaban J connectivity index is 0. The average Bonchev–Trinajstić information content (AvgIpc) is 2.42. The first-order valence-electron chi connectivity index (χ1n) is 4.71. The van der Waals surface area contributed by atoms with Gasteiger partial charge in [0.05, 0.1) is 0 Å². The third kappa shape index (κ3) is 4.82. The van der Waals surface area contributed by atoms with Crippen LogP contribution in [-0.4, -0.2) is 19.1 Å². The van der Waals surface area contributed by atoms with Crippen molar-refractivity contribution < 1.29 is 11.8 Å². The van der Waals surface area contributed by atoms with Crippen molar-refractivity contribution in [1.29, 1.82) is 26.3 Å². The quantitative estimate of drug-likeness (QED) is 0.693. The standard InChI is InChI=1S/C5H14N2.5CN.Fe/c1-5(2)7-4-3-6;5*1-2;/h5,7H,3-4,6H2,1-2H3;;;;;;. The molecule has 18 heavy (non-hydrogen) atoms. The van der Waals surface area contributed by atoms with E-state index in [1.54, 1.807) is 0 Å². The van der Waals surface area contributed by atoms with E-state index in [9.17, 15) is 0 Å². The van der Waals surface area contributed by atoms with Crippen LogP contribution in [0.25, 0.3) is 0 Å². The Hall–Kier alpha value is -2.11. The molecule has 0 aliphatic heterocycles. The molecule has 0 bridgehead atoms. The zero-order chi connectivity index (χ0) is 14.7. The second-order valence-electron chi connectivity index (χ2n) is 3.18. The molecule has 0 aromatic heterocycles. The fourth-order valence-corrected chi connectivity index (χ4v) is 1.10. The van der Waals surface area contributed by atoms with Crippen molar-refractivity contribution in [2.45, 2.75) is 19.9 Å². The van der Waals surface area contributed by atoms with Gasteiger partial charge in [0, 0.05) is 19.1 Å². The molecule has 0 atom stereocenters. The van der Waals surface area contributed by atoms with Gasteiger partial charge in [-0.15, -0.1) is 0 Å². The predicted octanol–water partition coefficient (Wildman–Crippen LogP) is 0.0245. The molecule has 0 saturated heterocycles. The Morgan fingerprint density at radius 2 is 1.28 bits per heavy atom. The molecule has 0 radical (unpaired) electrons. The monoisotopic (exact) mass is 288 g/mol. The van der Waals surface area contributed by atoms with Gasteiger partial charge in [-0.1, -0.05) is 13.8 Å². The number of nitrogens with zero attached hydrogens (tertiary/aromatic N) is 5. The normalized spacial score (nSPS) is 10.9. The summed E-state index contributed by atoms with van der Waals surface area (Å²) in [6, 6.07) is 0.573. The summed E-state index contributed by atoms with van der Waals surface area (Å²) in [5.41, 5.74) is 5.21. The van der Waals surface area contributed by atoms with Crippen LogP contribution in [0.3, 0.4) is 0 Å². The number of hydrogen-bond acceptors (Lipinski definition) is 7. The minimum atomic E-state index is -4.78. The Morgan fingerprint density at radius 3 is 1.33 bits per heavy atom. The fraction of sp³-hybridized carbons (Fsp3) is 0.500. The second-order valence-corrected chi connectivity index (χ2v) is 7.17. The Bertz CT molecular complexity index is 378.